The Morgan fingerprint density at radius 3 is 2.70 bits per heavy atom. The lowest BCUT2D eigenvalue weighted by Crippen LogP contribution is -2.41. The molecule has 1 aromatic rings. The molecule has 20 heavy (non-hydrogen) atoms. The van der Waals surface area contributed by atoms with Gasteiger partial charge in [0.1, 0.15) is 5.69 Å². The molecule has 6 nitrogen and oxygen atoms in total. The molecule has 1 fully saturated rings. The van der Waals surface area contributed by atoms with E-state index >= 15 is 0 Å². The van der Waals surface area contributed by atoms with Crippen LogP contribution in [-0.4, -0.2) is 28.6 Å². The number of carboxylic acids is 1. The maximum absolute atomic E-state index is 11.2. The highest BCUT2D eigenvalue weighted by Crippen LogP contribution is 2.35. The number of piperidine rings is 1. The first-order valence-electron chi connectivity index (χ1n) is 6.68. The van der Waals surface area contributed by atoms with Crippen LogP contribution in [0, 0.1) is 16.0 Å². The third-order valence-electron chi connectivity index (χ3n) is 3.85. The van der Waals surface area contributed by atoms with Crippen LogP contribution in [0.4, 0.5) is 11.4 Å². The molecule has 0 spiro atoms. The second-order valence-corrected chi connectivity index (χ2v) is 5.45. The number of nitro groups is 1. The highest BCUT2D eigenvalue weighted by atomic mass is 16.6. The van der Waals surface area contributed by atoms with E-state index in [0.717, 1.165) is 12.8 Å². The van der Waals surface area contributed by atoms with E-state index in [1.807, 2.05) is 11.8 Å². The average Bonchev–Trinajstić information content (AvgIpc) is 2.40. The molecule has 2 atom stereocenters. The van der Waals surface area contributed by atoms with Crippen molar-refractivity contribution in [2.24, 2.45) is 5.92 Å². The fraction of sp³-hybridized carbons (Fsp3) is 0.500. The minimum Gasteiger partial charge on any atom is -0.478 e. The zero-order valence-electron chi connectivity index (χ0n) is 11.6. The number of hydrogen-bond acceptors (Lipinski definition) is 4. The summed E-state index contributed by atoms with van der Waals surface area (Å²) in [6.45, 7) is 4.83. The number of hydrogen-bond donors (Lipinski definition) is 1. The lowest BCUT2D eigenvalue weighted by Gasteiger charge is -2.38. The highest BCUT2D eigenvalue weighted by molar-refractivity contribution is 5.90. The van der Waals surface area contributed by atoms with E-state index in [1.165, 1.54) is 18.2 Å². The predicted octanol–water partition coefficient (Wildman–Crippen LogP) is 2.92. The molecule has 2 rings (SSSR count). The van der Waals surface area contributed by atoms with Crippen LogP contribution in [0.3, 0.4) is 0 Å². The zero-order valence-corrected chi connectivity index (χ0v) is 11.6. The Bertz CT molecular complexity index is 544. The van der Waals surface area contributed by atoms with Gasteiger partial charge in [0.2, 0.25) is 0 Å². The van der Waals surface area contributed by atoms with E-state index in [4.69, 9.17) is 5.11 Å². The number of nitrogens with zero attached hydrogens (tertiary/aromatic N) is 2. The summed E-state index contributed by atoms with van der Waals surface area (Å²) in [6, 6.07) is 4.15. The normalized spacial score (nSPS) is 22.6. The van der Waals surface area contributed by atoms with Crippen LogP contribution in [-0.2, 0) is 0 Å². The molecule has 1 heterocycles. The van der Waals surface area contributed by atoms with Gasteiger partial charge in [-0.2, -0.15) is 0 Å². The smallest absolute Gasteiger partial charge is 0.335 e. The lowest BCUT2D eigenvalue weighted by atomic mass is 9.94. The molecule has 0 amide bonds. The van der Waals surface area contributed by atoms with Crippen molar-refractivity contribution in [3.8, 4) is 0 Å². The van der Waals surface area contributed by atoms with E-state index in [0.29, 0.717) is 18.2 Å². The number of benzene rings is 1. The fourth-order valence-corrected chi connectivity index (χ4v) is 2.67. The van der Waals surface area contributed by atoms with Crippen LogP contribution in [0.25, 0.3) is 0 Å². The van der Waals surface area contributed by atoms with E-state index in [2.05, 4.69) is 6.92 Å². The second kappa shape index (κ2) is 5.48. The van der Waals surface area contributed by atoms with Gasteiger partial charge < -0.3 is 10.0 Å². The second-order valence-electron chi connectivity index (χ2n) is 5.45. The van der Waals surface area contributed by atoms with Crippen LogP contribution in [0.15, 0.2) is 18.2 Å². The first kappa shape index (κ1) is 14.3. The van der Waals surface area contributed by atoms with Crippen molar-refractivity contribution in [1.29, 1.82) is 0 Å². The molecule has 1 N–H and O–H groups in total. The van der Waals surface area contributed by atoms with Gasteiger partial charge in [0.15, 0.2) is 0 Å². The number of carbonyl (C=O) groups is 1. The van der Waals surface area contributed by atoms with Crippen LogP contribution < -0.4 is 4.90 Å². The van der Waals surface area contributed by atoms with Crippen LogP contribution in [0.5, 0.6) is 0 Å². The Hall–Kier alpha value is -2.11. The third kappa shape index (κ3) is 2.74. The third-order valence-corrected chi connectivity index (χ3v) is 3.85. The Morgan fingerprint density at radius 2 is 2.10 bits per heavy atom. The van der Waals surface area contributed by atoms with Gasteiger partial charge in [-0.1, -0.05) is 6.92 Å². The lowest BCUT2D eigenvalue weighted by molar-refractivity contribution is -0.384. The predicted molar refractivity (Wildman–Crippen MR) is 75.3 cm³/mol. The van der Waals surface area contributed by atoms with Crippen molar-refractivity contribution < 1.29 is 14.8 Å². The van der Waals surface area contributed by atoms with Crippen molar-refractivity contribution in [3.63, 3.8) is 0 Å². The molecule has 2 unspecified atom stereocenters. The number of anilines is 1. The van der Waals surface area contributed by atoms with Crippen molar-refractivity contribution >= 4 is 17.3 Å². The summed E-state index contributed by atoms with van der Waals surface area (Å²) >= 11 is 0. The topological polar surface area (TPSA) is 83.7 Å². The summed E-state index contributed by atoms with van der Waals surface area (Å²) in [5.41, 5.74) is 0.459. The van der Waals surface area contributed by atoms with Gasteiger partial charge in [0, 0.05) is 18.7 Å². The van der Waals surface area contributed by atoms with E-state index < -0.39 is 10.9 Å². The summed E-state index contributed by atoms with van der Waals surface area (Å²) in [6.07, 6.45) is 2.04. The summed E-state index contributed by atoms with van der Waals surface area (Å²) in [7, 11) is 0. The van der Waals surface area contributed by atoms with Crippen molar-refractivity contribution in [2.75, 3.05) is 11.4 Å². The molecule has 1 saturated heterocycles. The van der Waals surface area contributed by atoms with Gasteiger partial charge in [-0.25, -0.2) is 4.79 Å². The number of aromatic carboxylic acids is 1. The number of rotatable bonds is 3. The molecule has 1 aliphatic rings. The zero-order chi connectivity index (χ0) is 14.9. The molecule has 0 radical (unpaired) electrons. The Morgan fingerprint density at radius 1 is 1.40 bits per heavy atom. The summed E-state index contributed by atoms with van der Waals surface area (Å²) in [5, 5.41) is 20.2. The molecule has 1 aromatic carbocycles. The van der Waals surface area contributed by atoms with Crippen molar-refractivity contribution in [3.05, 3.63) is 33.9 Å². The number of nitro benzene ring substituents is 1. The molecule has 0 aliphatic carbocycles. The van der Waals surface area contributed by atoms with Gasteiger partial charge in [-0.05, 0) is 37.8 Å². The van der Waals surface area contributed by atoms with Crippen LogP contribution in [0.1, 0.15) is 37.0 Å². The molecule has 0 saturated carbocycles. The van der Waals surface area contributed by atoms with Crippen molar-refractivity contribution in [1.82, 2.24) is 0 Å². The SMILES string of the molecule is CC1CCC(C)N(c2cc(C(=O)O)ccc2[N+](=O)[O-])C1. The molecular weight excluding hydrogens is 260 g/mol. The molecule has 108 valence electrons. The summed E-state index contributed by atoms with van der Waals surface area (Å²) in [4.78, 5) is 23.7. The minimum atomic E-state index is -1.07. The van der Waals surface area contributed by atoms with E-state index in [9.17, 15) is 14.9 Å². The molecule has 0 bridgehead atoms. The van der Waals surface area contributed by atoms with Crippen molar-refractivity contribution in [2.45, 2.75) is 32.7 Å². The minimum absolute atomic E-state index is 0.0315. The quantitative estimate of drug-likeness (QED) is 0.679. The van der Waals surface area contributed by atoms with Crippen LogP contribution >= 0.6 is 0 Å². The van der Waals surface area contributed by atoms with Crippen LogP contribution in [0.2, 0.25) is 0 Å². The van der Waals surface area contributed by atoms with Gasteiger partial charge in [-0.3, -0.25) is 10.1 Å². The monoisotopic (exact) mass is 278 g/mol. The van der Waals surface area contributed by atoms with Gasteiger partial charge in [0.05, 0.1) is 10.5 Å². The average molecular weight is 278 g/mol. The van der Waals surface area contributed by atoms with Gasteiger partial charge in [0.25, 0.3) is 5.69 Å². The van der Waals surface area contributed by atoms with Gasteiger partial charge >= 0.3 is 5.97 Å². The highest BCUT2D eigenvalue weighted by Gasteiger charge is 2.29. The maximum Gasteiger partial charge on any atom is 0.335 e. The molecular formula is C14H18N2O4. The largest absolute Gasteiger partial charge is 0.478 e. The summed E-state index contributed by atoms with van der Waals surface area (Å²) in [5.74, 6) is -0.627. The Labute approximate surface area is 117 Å². The number of carboxylic acid groups (broad SMARTS) is 1. The maximum atomic E-state index is 11.2. The molecule has 0 aromatic heterocycles. The molecule has 1 aliphatic heterocycles. The van der Waals surface area contributed by atoms with E-state index in [-0.39, 0.29) is 17.3 Å². The first-order valence-corrected chi connectivity index (χ1v) is 6.68. The fourth-order valence-electron chi connectivity index (χ4n) is 2.67. The van der Waals surface area contributed by atoms with Gasteiger partial charge in [-0.15, -0.1) is 0 Å². The Kier molecular flexibility index (Phi) is 3.92. The summed E-state index contributed by atoms with van der Waals surface area (Å²) < 4.78 is 0. The van der Waals surface area contributed by atoms with E-state index in [1.54, 1.807) is 0 Å². The molecule has 6 heteroatoms. The Balaban J connectivity index is 2.48. The first-order chi connectivity index (χ1) is 9.40. The standard InChI is InChI=1S/C14H18N2O4/c1-9-3-4-10(2)15(8-9)13-7-11(14(17)18)5-6-12(13)16(19)20/h5-7,9-10H,3-4,8H2,1-2H3,(H,17,18).